The Labute approximate surface area is 399 Å². The molecule has 2 aliphatic carbocycles. The predicted octanol–water partition coefficient (Wildman–Crippen LogP) is 9.67. The van der Waals surface area contributed by atoms with Crippen LogP contribution in [0.1, 0.15) is 73.1 Å². The van der Waals surface area contributed by atoms with E-state index >= 15 is 4.79 Å². The third kappa shape index (κ3) is 11.2. The second kappa shape index (κ2) is 23.7. The van der Waals surface area contributed by atoms with Crippen LogP contribution in [0, 0.1) is 17.8 Å². The van der Waals surface area contributed by atoms with E-state index < -0.39 is 23.8 Å². The lowest BCUT2D eigenvalue weighted by Gasteiger charge is -2.59. The van der Waals surface area contributed by atoms with E-state index in [1.165, 1.54) is 0 Å². The highest BCUT2D eigenvalue weighted by molar-refractivity contribution is 6.03. The van der Waals surface area contributed by atoms with E-state index in [9.17, 15) is 10.2 Å². The monoisotopic (exact) mass is 928 g/mol. The zero-order chi connectivity index (χ0) is 47.1. The summed E-state index contributed by atoms with van der Waals surface area (Å²) in [7, 11) is 0. The molecule has 4 aliphatic rings. The minimum atomic E-state index is -1.51. The number of ether oxygens (including phenoxy) is 7. The number of carbonyl (C=O) groups excluding carboxylic acids is 1. The molecule has 0 bridgehead atoms. The van der Waals surface area contributed by atoms with Gasteiger partial charge in [0.15, 0.2) is 11.5 Å². The number of fused-ring (bicyclic) bond motifs is 3. The number of aliphatic hydroxyl groups excluding tert-OH is 2. The third-order valence-electron chi connectivity index (χ3n) is 13.2. The smallest absolute Gasteiger partial charge is 0.410 e. The van der Waals surface area contributed by atoms with Gasteiger partial charge in [-0.3, -0.25) is 4.90 Å². The second-order valence-electron chi connectivity index (χ2n) is 17.6. The topological polar surface area (TPSA) is 147 Å². The molecule has 13 nitrogen and oxygen atoms in total. The highest BCUT2D eigenvalue weighted by atomic mass is 16.7. The van der Waals surface area contributed by atoms with Crippen molar-refractivity contribution in [2.75, 3.05) is 46.4 Å². The van der Waals surface area contributed by atoms with Crippen molar-refractivity contribution in [3.8, 4) is 23.0 Å². The molecule has 68 heavy (non-hydrogen) atoms. The van der Waals surface area contributed by atoms with Crippen molar-refractivity contribution in [2.45, 2.75) is 82.5 Å². The van der Waals surface area contributed by atoms with Crippen LogP contribution in [-0.2, 0) is 38.8 Å². The molecule has 0 radical (unpaired) electrons. The molecule has 8 rings (SSSR count). The van der Waals surface area contributed by atoms with Gasteiger partial charge in [-0.25, -0.2) is 4.79 Å². The Hall–Kier alpha value is -6.12. The molecule has 1 saturated carbocycles. The number of nitrogens with zero attached hydrogens (tertiary/aromatic N) is 2. The fourth-order valence-corrected chi connectivity index (χ4v) is 10.2. The summed E-state index contributed by atoms with van der Waals surface area (Å²) in [4.78, 5) is 23.1. The number of hydrogen-bond donors (Lipinski definition) is 2. The van der Waals surface area contributed by atoms with Crippen LogP contribution in [0.25, 0.3) is 0 Å². The molecule has 0 saturated heterocycles. The van der Waals surface area contributed by atoms with Gasteiger partial charge in [-0.15, -0.1) is 6.58 Å². The lowest BCUT2D eigenvalue weighted by molar-refractivity contribution is -0.256. The van der Waals surface area contributed by atoms with Gasteiger partial charge in [-0.05, 0) is 90.1 Å². The SMILES string of the molecule is C=CCOc1ccc2c(c1)C1C(CCCCO)C(CCCCO)C=C3C(=NOCc4ccccc4)CC(N(Cc4ccc5c(c4)OCO5)C(=O)OCCOCc4ccccc4)C(OCC=C)(O2)C31. The van der Waals surface area contributed by atoms with E-state index in [0.717, 1.165) is 53.5 Å². The minimum absolute atomic E-state index is 0.00545. The van der Waals surface area contributed by atoms with Crippen LogP contribution in [0.3, 0.4) is 0 Å². The molecule has 360 valence electrons. The number of rotatable bonds is 25. The number of hydrogen-bond acceptors (Lipinski definition) is 12. The van der Waals surface area contributed by atoms with Crippen LogP contribution in [-0.4, -0.2) is 85.2 Å². The standard InChI is InChI=1S/C55H64N2O11/c1-3-27-62-43-22-24-48-46(33-43)52-44(20-12-14-26-59)42(19-11-13-25-58)32-45-47(56-67-37-40-17-9-6-10-18-40)34-51(55(68-48,53(45)52)66-28-4-2)57(35-41-21-23-49-50(31-41)65-38-64-49)54(60)63-30-29-61-36-39-15-7-5-8-16-39/h3-10,15-18,21-24,31-33,42,44,51-53,58-59H,1-2,11-14,19-20,25-30,34-38H2. The fraction of sp³-hybridized carbons (Fsp3) is 0.418. The molecule has 4 aromatic carbocycles. The first-order valence-corrected chi connectivity index (χ1v) is 23.9. The number of carbonyl (C=O) groups is 1. The van der Waals surface area contributed by atoms with Crippen molar-refractivity contribution in [2.24, 2.45) is 22.9 Å². The Morgan fingerprint density at radius 1 is 0.794 bits per heavy atom. The first-order chi connectivity index (χ1) is 33.5. The molecule has 4 aromatic rings. The van der Waals surface area contributed by atoms with Crippen molar-refractivity contribution in [3.05, 3.63) is 156 Å². The highest BCUT2D eigenvalue weighted by Gasteiger charge is 2.65. The van der Waals surface area contributed by atoms with Crippen molar-refractivity contribution < 1.29 is 53.0 Å². The lowest BCUT2D eigenvalue weighted by Crippen LogP contribution is -2.70. The van der Waals surface area contributed by atoms with Crippen molar-refractivity contribution in [1.82, 2.24) is 4.90 Å². The van der Waals surface area contributed by atoms with Crippen LogP contribution in [0.2, 0.25) is 0 Å². The van der Waals surface area contributed by atoms with Gasteiger partial charge in [-0.1, -0.05) is 110 Å². The van der Waals surface area contributed by atoms with Crippen LogP contribution in [0.5, 0.6) is 23.0 Å². The van der Waals surface area contributed by atoms with Gasteiger partial charge in [0.1, 0.15) is 37.4 Å². The molecule has 2 aliphatic heterocycles. The Morgan fingerprint density at radius 2 is 1.51 bits per heavy atom. The van der Waals surface area contributed by atoms with Crippen LogP contribution in [0.4, 0.5) is 4.79 Å². The van der Waals surface area contributed by atoms with Gasteiger partial charge in [0.2, 0.25) is 12.6 Å². The molecular formula is C55H64N2O11. The Kier molecular flexibility index (Phi) is 16.9. The number of aliphatic hydroxyl groups is 2. The van der Waals surface area contributed by atoms with E-state index in [0.29, 0.717) is 54.8 Å². The molecule has 0 spiro atoms. The summed E-state index contributed by atoms with van der Waals surface area (Å²) in [6.45, 7) is 9.51. The molecule has 2 N–H and O–H groups in total. The van der Waals surface area contributed by atoms with Crippen LogP contribution in [0.15, 0.2) is 139 Å². The van der Waals surface area contributed by atoms with Gasteiger partial charge in [0.05, 0.1) is 31.5 Å². The maximum atomic E-state index is 15.1. The molecule has 13 heteroatoms. The van der Waals surface area contributed by atoms with Gasteiger partial charge < -0.3 is 48.2 Å². The number of amides is 1. The maximum Gasteiger partial charge on any atom is 0.410 e. The van der Waals surface area contributed by atoms with Crippen molar-refractivity contribution in [3.63, 3.8) is 0 Å². The molecule has 6 atom stereocenters. The summed E-state index contributed by atoms with van der Waals surface area (Å²) in [5, 5.41) is 25.0. The van der Waals surface area contributed by atoms with Gasteiger partial charge in [-0.2, -0.15) is 0 Å². The molecular weight excluding hydrogens is 865 g/mol. The summed E-state index contributed by atoms with van der Waals surface area (Å²) in [5.74, 6) is 0.279. The first kappa shape index (κ1) is 48.3. The average molecular weight is 929 g/mol. The Morgan fingerprint density at radius 3 is 2.26 bits per heavy atom. The summed E-state index contributed by atoms with van der Waals surface area (Å²) in [5.41, 5.74) is 5.28. The minimum Gasteiger partial charge on any atom is -0.490 e. The Bertz CT molecular complexity index is 2360. The zero-order valence-electron chi connectivity index (χ0n) is 38.8. The summed E-state index contributed by atoms with van der Waals surface area (Å²) in [6.07, 6.45) is 9.84. The summed E-state index contributed by atoms with van der Waals surface area (Å²) in [6, 6.07) is 30.4. The van der Waals surface area contributed by atoms with Gasteiger partial charge in [0.25, 0.3) is 0 Å². The van der Waals surface area contributed by atoms with Crippen molar-refractivity contribution in [1.29, 1.82) is 0 Å². The molecule has 1 fully saturated rings. The quantitative estimate of drug-likeness (QED) is 0.0372. The van der Waals surface area contributed by atoms with E-state index in [1.54, 1.807) is 17.1 Å². The number of oxime groups is 1. The molecule has 0 aromatic heterocycles. The second-order valence-corrected chi connectivity index (χ2v) is 17.6. The molecule has 6 unspecified atom stereocenters. The van der Waals surface area contributed by atoms with E-state index in [1.807, 2.05) is 91.0 Å². The summed E-state index contributed by atoms with van der Waals surface area (Å²) < 4.78 is 44.4. The lowest BCUT2D eigenvalue weighted by atomic mass is 9.55. The average Bonchev–Trinajstić information content (AvgIpc) is 3.84. The van der Waals surface area contributed by atoms with Crippen LogP contribution < -0.4 is 18.9 Å². The fourth-order valence-electron chi connectivity index (χ4n) is 10.2. The normalized spacial score (nSPS) is 22.5. The zero-order valence-corrected chi connectivity index (χ0v) is 38.8. The van der Waals surface area contributed by atoms with Gasteiger partial charge >= 0.3 is 6.09 Å². The van der Waals surface area contributed by atoms with E-state index in [2.05, 4.69) is 25.3 Å². The van der Waals surface area contributed by atoms with Crippen LogP contribution >= 0.6 is 0 Å². The highest BCUT2D eigenvalue weighted by Crippen LogP contribution is 2.62. The Balaban J connectivity index is 1.27. The first-order valence-electron chi connectivity index (χ1n) is 23.9. The number of unbranched alkanes of at least 4 members (excludes halogenated alkanes) is 2. The molecule has 2 heterocycles. The predicted molar refractivity (Wildman–Crippen MR) is 257 cm³/mol. The van der Waals surface area contributed by atoms with Gasteiger partial charge in [0, 0.05) is 37.7 Å². The number of benzene rings is 4. The maximum absolute atomic E-state index is 15.1. The molecule has 1 amide bonds. The van der Waals surface area contributed by atoms with E-state index in [4.69, 9.17) is 43.2 Å². The summed E-state index contributed by atoms with van der Waals surface area (Å²) >= 11 is 0. The third-order valence-corrected chi connectivity index (χ3v) is 13.2. The largest absolute Gasteiger partial charge is 0.490 e. The van der Waals surface area contributed by atoms with Crippen molar-refractivity contribution >= 4 is 11.8 Å². The number of allylic oxidation sites excluding steroid dienone is 1. The van der Waals surface area contributed by atoms with E-state index in [-0.39, 0.29) is 77.2 Å².